The first-order valence-corrected chi connectivity index (χ1v) is 9.45. The van der Waals surface area contributed by atoms with Crippen molar-refractivity contribution in [2.75, 3.05) is 7.11 Å². The summed E-state index contributed by atoms with van der Waals surface area (Å²) < 4.78 is 11.2. The van der Waals surface area contributed by atoms with E-state index in [-0.39, 0.29) is 5.91 Å². The van der Waals surface area contributed by atoms with Gasteiger partial charge in [-0.1, -0.05) is 35.3 Å². The number of methoxy groups -OCH3 is 1. The van der Waals surface area contributed by atoms with Crippen LogP contribution in [0.5, 0.6) is 11.5 Å². The number of nitrogens with zero attached hydrogens (tertiary/aromatic N) is 1. The van der Waals surface area contributed by atoms with Crippen LogP contribution in [0.2, 0.25) is 10.0 Å². The smallest absolute Gasteiger partial charge is 0.271 e. The number of ether oxygens (including phenoxy) is 2. The summed E-state index contributed by atoms with van der Waals surface area (Å²) >= 11 is 11.7. The lowest BCUT2D eigenvalue weighted by atomic mass is 10.2. The second-order valence-corrected chi connectivity index (χ2v) is 6.90. The molecular weight excluding hydrogens is 411 g/mol. The summed E-state index contributed by atoms with van der Waals surface area (Å²) in [5, 5.41) is 5.22. The molecule has 0 atom stereocenters. The third kappa shape index (κ3) is 5.98. The fourth-order valence-corrected chi connectivity index (χ4v) is 2.71. The molecule has 3 rings (SSSR count). The van der Waals surface area contributed by atoms with Crippen molar-refractivity contribution in [3.05, 3.63) is 93.5 Å². The summed E-state index contributed by atoms with van der Waals surface area (Å²) in [6, 6.07) is 19.4. The lowest BCUT2D eigenvalue weighted by Crippen LogP contribution is -2.17. The Morgan fingerprint density at radius 1 is 0.966 bits per heavy atom. The predicted molar refractivity (Wildman–Crippen MR) is 115 cm³/mol. The van der Waals surface area contributed by atoms with Crippen LogP contribution < -0.4 is 14.9 Å². The van der Waals surface area contributed by atoms with Crippen molar-refractivity contribution in [3.8, 4) is 11.5 Å². The maximum absolute atomic E-state index is 12.0. The van der Waals surface area contributed by atoms with Crippen LogP contribution in [0, 0.1) is 0 Å². The highest BCUT2D eigenvalue weighted by molar-refractivity contribution is 6.30. The van der Waals surface area contributed by atoms with Crippen molar-refractivity contribution in [3.63, 3.8) is 0 Å². The number of halogens is 2. The van der Waals surface area contributed by atoms with E-state index in [0.717, 1.165) is 11.1 Å². The molecule has 0 saturated heterocycles. The Kier molecular flexibility index (Phi) is 7.11. The molecule has 3 aromatic rings. The largest absolute Gasteiger partial charge is 0.493 e. The maximum atomic E-state index is 12.0. The van der Waals surface area contributed by atoms with Gasteiger partial charge in [0.15, 0.2) is 11.5 Å². The summed E-state index contributed by atoms with van der Waals surface area (Å²) in [5.74, 6) is 0.838. The van der Waals surface area contributed by atoms with Crippen LogP contribution >= 0.6 is 23.2 Å². The van der Waals surface area contributed by atoms with Crippen molar-refractivity contribution in [2.24, 2.45) is 5.10 Å². The van der Waals surface area contributed by atoms with Crippen molar-refractivity contribution in [2.45, 2.75) is 6.61 Å². The average Bonchev–Trinajstić information content (AvgIpc) is 2.74. The minimum atomic E-state index is -0.326. The summed E-state index contributed by atoms with van der Waals surface area (Å²) in [6.45, 7) is 0.387. The van der Waals surface area contributed by atoms with Gasteiger partial charge in [-0.3, -0.25) is 4.79 Å². The number of carbonyl (C=O) groups excluding carboxylic acids is 1. The number of carbonyl (C=O) groups is 1. The van der Waals surface area contributed by atoms with Crippen LogP contribution in [-0.4, -0.2) is 19.2 Å². The van der Waals surface area contributed by atoms with E-state index in [1.165, 1.54) is 6.21 Å². The molecule has 0 aliphatic carbocycles. The number of nitrogens with one attached hydrogen (secondary N) is 1. The fraction of sp³-hybridized carbons (Fsp3) is 0.0909. The number of hydrogen-bond acceptors (Lipinski definition) is 4. The monoisotopic (exact) mass is 428 g/mol. The van der Waals surface area contributed by atoms with Gasteiger partial charge in [0, 0.05) is 15.6 Å². The van der Waals surface area contributed by atoms with Crippen molar-refractivity contribution in [1.82, 2.24) is 5.43 Å². The fourth-order valence-electron chi connectivity index (χ4n) is 2.46. The minimum absolute atomic E-state index is 0.326. The Morgan fingerprint density at radius 3 is 2.28 bits per heavy atom. The molecule has 0 heterocycles. The molecule has 5 nitrogen and oxygen atoms in total. The maximum Gasteiger partial charge on any atom is 0.271 e. The molecule has 148 valence electrons. The van der Waals surface area contributed by atoms with Gasteiger partial charge in [-0.05, 0) is 65.7 Å². The van der Waals surface area contributed by atoms with E-state index in [2.05, 4.69) is 10.5 Å². The van der Waals surface area contributed by atoms with Crippen LogP contribution in [-0.2, 0) is 6.61 Å². The van der Waals surface area contributed by atoms with Gasteiger partial charge >= 0.3 is 0 Å². The highest BCUT2D eigenvalue weighted by Crippen LogP contribution is 2.28. The van der Waals surface area contributed by atoms with Gasteiger partial charge in [-0.15, -0.1) is 0 Å². The van der Waals surface area contributed by atoms with Gasteiger partial charge in [0.05, 0.1) is 13.3 Å². The zero-order valence-electron chi connectivity index (χ0n) is 15.6. The molecule has 0 fully saturated rings. The molecule has 0 aliphatic rings. The zero-order valence-corrected chi connectivity index (χ0v) is 17.1. The van der Waals surface area contributed by atoms with E-state index in [4.69, 9.17) is 32.7 Å². The van der Waals surface area contributed by atoms with Gasteiger partial charge in [-0.2, -0.15) is 5.10 Å². The quantitative estimate of drug-likeness (QED) is 0.407. The van der Waals surface area contributed by atoms with Crippen LogP contribution in [0.25, 0.3) is 0 Å². The number of rotatable bonds is 7. The van der Waals surface area contributed by atoms with Gasteiger partial charge in [0.25, 0.3) is 5.91 Å². The third-order valence-electron chi connectivity index (χ3n) is 3.98. The van der Waals surface area contributed by atoms with Crippen molar-refractivity contribution < 1.29 is 14.3 Å². The highest BCUT2D eigenvalue weighted by atomic mass is 35.5. The minimum Gasteiger partial charge on any atom is -0.493 e. The third-order valence-corrected chi connectivity index (χ3v) is 4.49. The predicted octanol–water partition coefficient (Wildman–Crippen LogP) is 5.34. The Hall–Kier alpha value is -3.02. The Balaban J connectivity index is 1.61. The van der Waals surface area contributed by atoms with Gasteiger partial charge in [-0.25, -0.2) is 5.43 Å². The lowest BCUT2D eigenvalue weighted by molar-refractivity contribution is 0.0955. The second kappa shape index (κ2) is 9.96. The second-order valence-electron chi connectivity index (χ2n) is 6.03. The number of hydrazone groups is 1. The molecule has 7 heteroatoms. The van der Waals surface area contributed by atoms with Gasteiger partial charge < -0.3 is 9.47 Å². The van der Waals surface area contributed by atoms with Gasteiger partial charge in [0.2, 0.25) is 0 Å². The van der Waals surface area contributed by atoms with Crippen LogP contribution in [0.1, 0.15) is 21.5 Å². The van der Waals surface area contributed by atoms with Crippen LogP contribution in [0.3, 0.4) is 0 Å². The molecule has 0 unspecified atom stereocenters. The lowest BCUT2D eigenvalue weighted by Gasteiger charge is -2.11. The van der Waals surface area contributed by atoms with E-state index >= 15 is 0 Å². The topological polar surface area (TPSA) is 59.9 Å². The Morgan fingerprint density at radius 2 is 1.62 bits per heavy atom. The number of hydrogen-bond donors (Lipinski definition) is 1. The molecule has 0 aromatic heterocycles. The SMILES string of the molecule is COc1cc(C=NNC(=O)c2ccc(Cl)cc2)ccc1OCc1ccc(Cl)cc1. The average molecular weight is 429 g/mol. The normalized spacial score (nSPS) is 10.7. The Labute approximate surface area is 178 Å². The van der Waals surface area contributed by atoms with Crippen molar-refractivity contribution in [1.29, 1.82) is 0 Å². The van der Waals surface area contributed by atoms with E-state index in [1.54, 1.807) is 43.5 Å². The molecule has 0 saturated carbocycles. The molecule has 1 N–H and O–H groups in total. The molecule has 0 bridgehead atoms. The van der Waals surface area contributed by atoms with E-state index in [0.29, 0.717) is 33.7 Å². The van der Waals surface area contributed by atoms with E-state index in [1.807, 2.05) is 30.3 Å². The molecule has 29 heavy (non-hydrogen) atoms. The van der Waals surface area contributed by atoms with Gasteiger partial charge in [0.1, 0.15) is 6.61 Å². The van der Waals surface area contributed by atoms with E-state index in [9.17, 15) is 4.79 Å². The highest BCUT2D eigenvalue weighted by Gasteiger charge is 2.07. The zero-order chi connectivity index (χ0) is 20.6. The number of benzene rings is 3. The first kappa shape index (κ1) is 20.7. The summed E-state index contributed by atoms with van der Waals surface area (Å²) in [5.41, 5.74) is 4.68. The molecule has 0 spiro atoms. The molecule has 3 aromatic carbocycles. The molecule has 0 aliphatic heterocycles. The molecular formula is C22H18Cl2N2O3. The summed E-state index contributed by atoms with van der Waals surface area (Å²) in [4.78, 5) is 12.0. The standard InChI is InChI=1S/C22H18Cl2N2O3/c1-28-21-12-16(13-25-26-22(27)17-5-9-19(24)10-6-17)4-11-20(21)29-14-15-2-7-18(23)8-3-15/h2-13H,14H2,1H3,(H,26,27). The first-order valence-electron chi connectivity index (χ1n) is 8.69. The molecule has 0 radical (unpaired) electrons. The van der Waals surface area contributed by atoms with Crippen LogP contribution in [0.15, 0.2) is 71.8 Å². The summed E-state index contributed by atoms with van der Waals surface area (Å²) in [7, 11) is 1.56. The van der Waals surface area contributed by atoms with E-state index < -0.39 is 0 Å². The van der Waals surface area contributed by atoms with Crippen LogP contribution in [0.4, 0.5) is 0 Å². The number of amides is 1. The Bertz CT molecular complexity index is 1000. The van der Waals surface area contributed by atoms with Crippen molar-refractivity contribution >= 4 is 35.3 Å². The first-order chi connectivity index (χ1) is 14.0. The summed E-state index contributed by atoms with van der Waals surface area (Å²) in [6.07, 6.45) is 1.53. The molecule has 1 amide bonds.